The molecular formula is C25H28N4O4. The van der Waals surface area contributed by atoms with Gasteiger partial charge in [0.2, 0.25) is 5.91 Å². The number of pyridine rings is 1. The normalized spacial score (nSPS) is 12.3. The lowest BCUT2D eigenvalue weighted by molar-refractivity contribution is -0.143. The van der Waals surface area contributed by atoms with Gasteiger partial charge in [-0.1, -0.05) is 0 Å². The zero-order valence-corrected chi connectivity index (χ0v) is 19.0. The van der Waals surface area contributed by atoms with Crippen LogP contribution in [0.4, 0.5) is 5.82 Å². The minimum Gasteiger partial charge on any atom is -0.497 e. The first-order chi connectivity index (χ1) is 15.8. The van der Waals surface area contributed by atoms with Gasteiger partial charge in [0, 0.05) is 40.8 Å². The highest BCUT2D eigenvalue weighted by Gasteiger charge is 2.20. The Hall–Kier alpha value is -3.81. The van der Waals surface area contributed by atoms with E-state index in [2.05, 4.69) is 29.1 Å². The van der Waals surface area contributed by atoms with Crippen LogP contribution in [0.2, 0.25) is 0 Å². The lowest BCUT2D eigenvalue weighted by Crippen LogP contribution is -2.23. The van der Waals surface area contributed by atoms with E-state index in [1.165, 1.54) is 0 Å². The van der Waals surface area contributed by atoms with Gasteiger partial charge in [0.05, 0.1) is 18.5 Å². The number of benzene rings is 2. The largest absolute Gasteiger partial charge is 0.497 e. The fourth-order valence-electron chi connectivity index (χ4n) is 4.63. The molecule has 0 aliphatic rings. The number of fused-ring (bicyclic) bond motifs is 4. The molecule has 33 heavy (non-hydrogen) atoms. The Morgan fingerprint density at radius 3 is 2.67 bits per heavy atom. The first-order valence-electron chi connectivity index (χ1n) is 10.9. The average Bonchev–Trinajstić information content (AvgIpc) is 3.18. The molecule has 0 aliphatic carbocycles. The van der Waals surface area contributed by atoms with Gasteiger partial charge < -0.3 is 25.9 Å². The fraction of sp³-hybridized carbons (Fsp3) is 0.320. The molecule has 4 aromatic rings. The summed E-state index contributed by atoms with van der Waals surface area (Å²) in [6, 6.07) is 8.03. The number of aromatic nitrogens is 2. The molecule has 2 aromatic carbocycles. The minimum absolute atomic E-state index is 0.151. The maximum atomic E-state index is 11.4. The van der Waals surface area contributed by atoms with Crippen LogP contribution in [0.1, 0.15) is 30.4 Å². The number of carboxylic acids is 1. The number of amides is 1. The average molecular weight is 449 g/mol. The van der Waals surface area contributed by atoms with Crippen LogP contribution in [0.15, 0.2) is 30.5 Å². The first-order valence-corrected chi connectivity index (χ1v) is 10.9. The highest BCUT2D eigenvalue weighted by atomic mass is 16.5. The third-order valence-electron chi connectivity index (χ3n) is 6.30. The van der Waals surface area contributed by atoms with Crippen molar-refractivity contribution in [1.82, 2.24) is 9.97 Å². The molecular weight excluding hydrogens is 420 g/mol. The number of carbonyl (C=O) groups is 2. The van der Waals surface area contributed by atoms with Crippen LogP contribution in [0.25, 0.3) is 32.6 Å². The molecule has 1 amide bonds. The molecule has 0 aliphatic heterocycles. The van der Waals surface area contributed by atoms with Crippen molar-refractivity contribution in [2.75, 3.05) is 19.0 Å². The number of aromatic amines is 1. The molecule has 0 spiro atoms. The van der Waals surface area contributed by atoms with E-state index in [9.17, 15) is 14.7 Å². The smallest absolute Gasteiger partial charge is 0.307 e. The summed E-state index contributed by atoms with van der Waals surface area (Å²) in [5.41, 5.74) is 9.56. The number of hydrogen-bond donors (Lipinski definition) is 4. The zero-order chi connectivity index (χ0) is 23.7. The molecule has 2 heterocycles. The van der Waals surface area contributed by atoms with Crippen molar-refractivity contribution >= 4 is 50.3 Å². The number of carbonyl (C=O) groups excluding carboxylic acids is 1. The van der Waals surface area contributed by atoms with Gasteiger partial charge in [0.25, 0.3) is 0 Å². The Labute approximate surface area is 191 Å². The van der Waals surface area contributed by atoms with Gasteiger partial charge in [-0.25, -0.2) is 4.98 Å². The second-order valence-corrected chi connectivity index (χ2v) is 8.39. The number of anilines is 1. The fourth-order valence-corrected chi connectivity index (χ4v) is 4.63. The third-order valence-corrected chi connectivity index (χ3v) is 6.30. The van der Waals surface area contributed by atoms with Crippen molar-refractivity contribution in [1.29, 1.82) is 0 Å². The quantitative estimate of drug-likeness (QED) is 0.283. The number of aliphatic carboxylic acids is 1. The molecule has 8 heteroatoms. The zero-order valence-electron chi connectivity index (χ0n) is 19.0. The highest BCUT2D eigenvalue weighted by Crippen LogP contribution is 2.39. The second-order valence-electron chi connectivity index (χ2n) is 8.39. The molecule has 172 valence electrons. The molecule has 4 rings (SSSR count). The standard InChI is InChI=1S/C25H28N4O4/c1-13-17-8-10-28-24(27-9-4-5-15(25(31)32)11-20(26)30)22(17)14(2)21-18-12-16(33-3)6-7-19(18)29-23(13)21/h6-8,10,12,15,29H,4-5,9,11H2,1-3H3,(H2,26,30)(H,27,28)(H,31,32). The van der Waals surface area contributed by atoms with Gasteiger partial charge in [-0.05, 0) is 67.5 Å². The van der Waals surface area contributed by atoms with Gasteiger partial charge in [-0.2, -0.15) is 0 Å². The summed E-state index contributed by atoms with van der Waals surface area (Å²) in [5.74, 6) is -0.810. The first kappa shape index (κ1) is 22.4. The Morgan fingerprint density at radius 1 is 1.18 bits per heavy atom. The van der Waals surface area contributed by atoms with Crippen LogP contribution in [0.5, 0.6) is 5.75 Å². The Bertz CT molecular complexity index is 1380. The summed E-state index contributed by atoms with van der Waals surface area (Å²) in [5, 5.41) is 17.1. The van der Waals surface area contributed by atoms with Gasteiger partial charge in [0.15, 0.2) is 0 Å². The topological polar surface area (TPSA) is 130 Å². The second kappa shape index (κ2) is 8.97. The summed E-state index contributed by atoms with van der Waals surface area (Å²) in [7, 11) is 1.66. The van der Waals surface area contributed by atoms with Crippen molar-refractivity contribution in [3.8, 4) is 5.75 Å². The van der Waals surface area contributed by atoms with Crippen molar-refractivity contribution in [3.63, 3.8) is 0 Å². The SMILES string of the molecule is COc1ccc2[nH]c3c(C)c4ccnc(NCCCC(CC(N)=O)C(=O)O)c4c(C)c3c2c1. The number of hydrogen-bond acceptors (Lipinski definition) is 5. The van der Waals surface area contributed by atoms with E-state index >= 15 is 0 Å². The van der Waals surface area contributed by atoms with E-state index in [1.54, 1.807) is 13.3 Å². The van der Waals surface area contributed by atoms with Gasteiger partial charge in [0.1, 0.15) is 11.6 Å². The van der Waals surface area contributed by atoms with E-state index in [0.717, 1.165) is 55.3 Å². The van der Waals surface area contributed by atoms with E-state index in [0.29, 0.717) is 19.4 Å². The molecule has 0 radical (unpaired) electrons. The van der Waals surface area contributed by atoms with Crippen LogP contribution in [0.3, 0.4) is 0 Å². The molecule has 0 saturated carbocycles. The third kappa shape index (κ3) is 4.16. The molecule has 2 aromatic heterocycles. The number of nitrogens with one attached hydrogen (secondary N) is 2. The van der Waals surface area contributed by atoms with E-state index in [4.69, 9.17) is 10.5 Å². The molecule has 0 bridgehead atoms. The summed E-state index contributed by atoms with van der Waals surface area (Å²) in [4.78, 5) is 30.6. The predicted octanol–water partition coefficient (Wildman–Crippen LogP) is 4.26. The maximum Gasteiger partial charge on any atom is 0.307 e. The molecule has 1 atom stereocenters. The molecule has 0 fully saturated rings. The lowest BCUT2D eigenvalue weighted by atomic mass is 9.96. The van der Waals surface area contributed by atoms with E-state index in [1.807, 2.05) is 24.3 Å². The number of nitrogens with two attached hydrogens (primary N) is 1. The maximum absolute atomic E-state index is 11.4. The minimum atomic E-state index is -0.999. The summed E-state index contributed by atoms with van der Waals surface area (Å²) < 4.78 is 5.44. The number of nitrogens with zero attached hydrogens (tertiary/aromatic N) is 1. The number of carboxylic acid groups (broad SMARTS) is 1. The number of primary amides is 1. The van der Waals surface area contributed by atoms with Crippen LogP contribution in [-0.2, 0) is 9.59 Å². The number of ether oxygens (including phenoxy) is 1. The Balaban J connectivity index is 1.69. The molecule has 1 unspecified atom stereocenters. The van der Waals surface area contributed by atoms with Crippen LogP contribution in [0, 0.1) is 19.8 Å². The van der Waals surface area contributed by atoms with E-state index < -0.39 is 17.8 Å². The number of H-pyrrole nitrogens is 1. The summed E-state index contributed by atoms with van der Waals surface area (Å²) >= 11 is 0. The highest BCUT2D eigenvalue weighted by molar-refractivity contribution is 6.18. The lowest BCUT2D eigenvalue weighted by Gasteiger charge is -2.15. The monoisotopic (exact) mass is 448 g/mol. The number of methoxy groups -OCH3 is 1. The van der Waals surface area contributed by atoms with Crippen molar-refractivity contribution < 1.29 is 19.4 Å². The van der Waals surface area contributed by atoms with Crippen LogP contribution >= 0.6 is 0 Å². The van der Waals surface area contributed by atoms with Crippen LogP contribution in [-0.4, -0.2) is 40.6 Å². The van der Waals surface area contributed by atoms with Gasteiger partial charge in [-0.3, -0.25) is 9.59 Å². The van der Waals surface area contributed by atoms with Crippen LogP contribution < -0.4 is 15.8 Å². The summed E-state index contributed by atoms with van der Waals surface area (Å²) in [6.07, 6.45) is 2.57. The summed E-state index contributed by atoms with van der Waals surface area (Å²) in [6.45, 7) is 4.73. The van der Waals surface area contributed by atoms with Crippen molar-refractivity contribution in [3.05, 3.63) is 41.6 Å². The Kier molecular flexibility index (Phi) is 6.09. The molecule has 0 saturated heterocycles. The molecule has 5 N–H and O–H groups in total. The molecule has 8 nitrogen and oxygen atoms in total. The Morgan fingerprint density at radius 2 is 1.97 bits per heavy atom. The number of aryl methyl sites for hydroxylation is 2. The van der Waals surface area contributed by atoms with E-state index in [-0.39, 0.29) is 6.42 Å². The van der Waals surface area contributed by atoms with Gasteiger partial charge >= 0.3 is 5.97 Å². The van der Waals surface area contributed by atoms with Gasteiger partial charge in [-0.15, -0.1) is 0 Å². The number of rotatable bonds is 9. The van der Waals surface area contributed by atoms with Crippen molar-refractivity contribution in [2.24, 2.45) is 11.7 Å². The predicted molar refractivity (Wildman–Crippen MR) is 130 cm³/mol. The van der Waals surface area contributed by atoms with Crippen molar-refractivity contribution in [2.45, 2.75) is 33.1 Å².